The smallest absolute Gasteiger partial charge is 0.262 e. The molecule has 3 rings (SSSR count). The number of hydrogen-bond donors (Lipinski definition) is 2. The molecule has 2 aromatic carbocycles. The van der Waals surface area contributed by atoms with Crippen LogP contribution in [0.15, 0.2) is 47.4 Å². The van der Waals surface area contributed by atoms with E-state index in [0.717, 1.165) is 24.0 Å². The normalized spacial score (nSPS) is 15.1. The highest BCUT2D eigenvalue weighted by Crippen LogP contribution is 2.48. The summed E-state index contributed by atoms with van der Waals surface area (Å²) in [6.07, 6.45) is 1.58. The molecule has 1 fully saturated rings. The van der Waals surface area contributed by atoms with Gasteiger partial charge in [-0.1, -0.05) is 24.3 Å². The van der Waals surface area contributed by atoms with Gasteiger partial charge in [0.2, 0.25) is 5.91 Å². The summed E-state index contributed by atoms with van der Waals surface area (Å²) in [5.74, 6) is -0.00623. The van der Waals surface area contributed by atoms with Gasteiger partial charge in [0.25, 0.3) is 10.0 Å². The molecule has 6 nitrogen and oxygen atoms in total. The van der Waals surface area contributed by atoms with Gasteiger partial charge in [-0.05, 0) is 61.6 Å². The molecular formula is C21H26N2O4S. The predicted molar refractivity (Wildman–Crippen MR) is 109 cm³/mol. The van der Waals surface area contributed by atoms with Gasteiger partial charge in [-0.25, -0.2) is 8.42 Å². The van der Waals surface area contributed by atoms with Gasteiger partial charge in [-0.3, -0.25) is 9.52 Å². The van der Waals surface area contributed by atoms with Crippen LogP contribution in [0.3, 0.4) is 0 Å². The van der Waals surface area contributed by atoms with Gasteiger partial charge >= 0.3 is 0 Å². The number of amides is 1. The first-order chi connectivity index (χ1) is 13.3. The van der Waals surface area contributed by atoms with Crippen LogP contribution in [-0.4, -0.2) is 34.6 Å². The van der Waals surface area contributed by atoms with Crippen LogP contribution in [0.4, 0.5) is 5.69 Å². The Morgan fingerprint density at radius 2 is 1.79 bits per heavy atom. The second-order valence-electron chi connectivity index (χ2n) is 7.28. The SMILES string of the molecule is COCCNC(=O)C1(c2ccc(NS(=O)(=O)c3cc(C)ccc3C)cc2)CC1. The molecule has 0 spiro atoms. The first kappa shape index (κ1) is 20.4. The fraction of sp³-hybridized carbons (Fsp3) is 0.381. The number of nitrogens with one attached hydrogen (secondary N) is 2. The number of carbonyl (C=O) groups is 1. The van der Waals surface area contributed by atoms with Gasteiger partial charge in [0.1, 0.15) is 0 Å². The largest absolute Gasteiger partial charge is 0.383 e. The van der Waals surface area contributed by atoms with Crippen molar-refractivity contribution in [3.05, 3.63) is 59.2 Å². The minimum absolute atomic E-state index is 0.00623. The molecule has 2 N–H and O–H groups in total. The van der Waals surface area contributed by atoms with Gasteiger partial charge in [0.15, 0.2) is 0 Å². The Labute approximate surface area is 166 Å². The number of hydrogen-bond acceptors (Lipinski definition) is 4. The van der Waals surface area contributed by atoms with E-state index in [1.165, 1.54) is 0 Å². The third-order valence-corrected chi connectivity index (χ3v) is 6.62. The Morgan fingerprint density at radius 3 is 2.39 bits per heavy atom. The van der Waals surface area contributed by atoms with Crippen LogP contribution in [0.2, 0.25) is 0 Å². The van der Waals surface area contributed by atoms with Crippen molar-refractivity contribution in [3.63, 3.8) is 0 Å². The van der Waals surface area contributed by atoms with Gasteiger partial charge in [0, 0.05) is 19.3 Å². The van der Waals surface area contributed by atoms with Crippen LogP contribution in [0.1, 0.15) is 29.5 Å². The summed E-state index contributed by atoms with van der Waals surface area (Å²) in [6.45, 7) is 4.59. The molecule has 2 aromatic rings. The minimum Gasteiger partial charge on any atom is -0.383 e. The molecule has 0 aromatic heterocycles. The lowest BCUT2D eigenvalue weighted by atomic mass is 9.95. The quantitative estimate of drug-likeness (QED) is 0.665. The van der Waals surface area contributed by atoms with Crippen molar-refractivity contribution in [1.82, 2.24) is 5.32 Å². The highest BCUT2D eigenvalue weighted by Gasteiger charge is 2.51. The summed E-state index contributed by atoms with van der Waals surface area (Å²) in [4.78, 5) is 12.8. The van der Waals surface area contributed by atoms with Gasteiger partial charge < -0.3 is 10.1 Å². The summed E-state index contributed by atoms with van der Waals surface area (Å²) in [6, 6.07) is 12.4. The van der Waals surface area contributed by atoms with Gasteiger partial charge in [-0.2, -0.15) is 0 Å². The van der Waals surface area contributed by atoms with E-state index in [1.54, 1.807) is 38.3 Å². The molecule has 0 aliphatic heterocycles. The average molecular weight is 403 g/mol. The van der Waals surface area contributed by atoms with Crippen molar-refractivity contribution in [2.24, 2.45) is 0 Å². The molecule has 1 aliphatic carbocycles. The standard InChI is InChI=1S/C21H26N2O4S/c1-15-4-5-16(2)19(14-15)28(25,26)23-18-8-6-17(7-9-18)21(10-11-21)20(24)22-12-13-27-3/h4-9,14,23H,10-13H2,1-3H3,(H,22,24). The lowest BCUT2D eigenvalue weighted by Crippen LogP contribution is -2.36. The monoisotopic (exact) mass is 402 g/mol. The third kappa shape index (κ3) is 4.20. The van der Waals surface area contributed by atoms with Crippen LogP contribution < -0.4 is 10.0 Å². The Kier molecular flexibility index (Phi) is 5.76. The van der Waals surface area contributed by atoms with E-state index in [1.807, 2.05) is 25.1 Å². The van der Waals surface area contributed by atoms with Crippen LogP contribution in [0.5, 0.6) is 0 Å². The third-order valence-electron chi connectivity index (χ3n) is 5.10. The summed E-state index contributed by atoms with van der Waals surface area (Å²) in [5, 5.41) is 2.90. The zero-order chi connectivity index (χ0) is 20.4. The maximum absolute atomic E-state index is 12.7. The number of anilines is 1. The van der Waals surface area contributed by atoms with E-state index in [9.17, 15) is 13.2 Å². The van der Waals surface area contributed by atoms with E-state index in [0.29, 0.717) is 24.4 Å². The molecule has 1 aliphatic rings. The van der Waals surface area contributed by atoms with E-state index in [4.69, 9.17) is 4.74 Å². The van der Waals surface area contributed by atoms with Crippen LogP contribution >= 0.6 is 0 Å². The maximum atomic E-state index is 12.7. The fourth-order valence-corrected chi connectivity index (χ4v) is 4.66. The number of sulfonamides is 1. The lowest BCUT2D eigenvalue weighted by molar-refractivity contribution is -0.123. The first-order valence-electron chi connectivity index (χ1n) is 9.26. The van der Waals surface area contributed by atoms with E-state index >= 15 is 0 Å². The highest BCUT2D eigenvalue weighted by atomic mass is 32.2. The number of ether oxygens (including phenoxy) is 1. The minimum atomic E-state index is -3.67. The van der Waals surface area contributed by atoms with E-state index in [2.05, 4.69) is 10.0 Å². The second-order valence-corrected chi connectivity index (χ2v) is 8.93. The fourth-order valence-electron chi connectivity index (χ4n) is 3.27. The second kappa shape index (κ2) is 7.93. The molecule has 0 bridgehead atoms. The molecule has 0 atom stereocenters. The predicted octanol–water partition coefficient (Wildman–Crippen LogP) is 2.90. The van der Waals surface area contributed by atoms with Crippen molar-refractivity contribution in [2.75, 3.05) is 25.0 Å². The molecule has 150 valence electrons. The van der Waals surface area contributed by atoms with Crippen molar-refractivity contribution in [2.45, 2.75) is 37.0 Å². The Bertz CT molecular complexity index is 964. The summed E-state index contributed by atoms with van der Waals surface area (Å²) in [5.41, 5.74) is 2.45. The zero-order valence-electron chi connectivity index (χ0n) is 16.4. The molecule has 1 saturated carbocycles. The topological polar surface area (TPSA) is 84.5 Å². The number of rotatable bonds is 8. The number of benzene rings is 2. The van der Waals surface area contributed by atoms with E-state index < -0.39 is 15.4 Å². The zero-order valence-corrected chi connectivity index (χ0v) is 17.2. The number of aryl methyl sites for hydroxylation is 2. The maximum Gasteiger partial charge on any atom is 0.262 e. The first-order valence-corrected chi connectivity index (χ1v) is 10.7. The van der Waals surface area contributed by atoms with Crippen molar-refractivity contribution in [1.29, 1.82) is 0 Å². The Hall–Kier alpha value is -2.38. The molecule has 0 radical (unpaired) electrons. The Balaban J connectivity index is 1.74. The van der Waals surface area contributed by atoms with Crippen molar-refractivity contribution in [3.8, 4) is 0 Å². The molecule has 1 amide bonds. The van der Waals surface area contributed by atoms with E-state index in [-0.39, 0.29) is 10.8 Å². The number of carbonyl (C=O) groups excluding carboxylic acids is 1. The van der Waals surface area contributed by atoms with Crippen LogP contribution in [0.25, 0.3) is 0 Å². The molecule has 28 heavy (non-hydrogen) atoms. The molecule has 0 heterocycles. The Morgan fingerprint density at radius 1 is 1.11 bits per heavy atom. The molecular weight excluding hydrogens is 376 g/mol. The van der Waals surface area contributed by atoms with Gasteiger partial charge in [0.05, 0.1) is 16.9 Å². The van der Waals surface area contributed by atoms with Gasteiger partial charge in [-0.15, -0.1) is 0 Å². The van der Waals surface area contributed by atoms with Crippen LogP contribution in [0, 0.1) is 13.8 Å². The van der Waals surface area contributed by atoms with Crippen LogP contribution in [-0.2, 0) is 25.0 Å². The number of methoxy groups -OCH3 is 1. The summed E-state index contributed by atoms with van der Waals surface area (Å²) < 4.78 is 33.1. The van der Waals surface area contributed by atoms with Crippen molar-refractivity contribution < 1.29 is 17.9 Å². The highest BCUT2D eigenvalue weighted by molar-refractivity contribution is 7.92. The molecule has 7 heteroatoms. The van der Waals surface area contributed by atoms with Crippen molar-refractivity contribution >= 4 is 21.6 Å². The molecule has 0 unspecified atom stereocenters. The molecule has 0 saturated heterocycles. The summed E-state index contributed by atoms with van der Waals surface area (Å²) in [7, 11) is -2.08. The summed E-state index contributed by atoms with van der Waals surface area (Å²) >= 11 is 0. The lowest BCUT2D eigenvalue weighted by Gasteiger charge is -2.17. The average Bonchev–Trinajstić information content (AvgIpc) is 3.46.